The lowest BCUT2D eigenvalue weighted by Gasteiger charge is -2.30. The molecule has 3 aromatic carbocycles. The van der Waals surface area contributed by atoms with Crippen LogP contribution in [0.15, 0.2) is 60.7 Å². The zero-order valence-corrected chi connectivity index (χ0v) is 16.2. The zero-order valence-electron chi connectivity index (χ0n) is 16.2. The number of fused-ring (bicyclic) bond motifs is 2. The number of carbonyl (C=O) groups is 2. The Bertz CT molecular complexity index is 1070. The lowest BCUT2D eigenvalue weighted by molar-refractivity contribution is 0.0706. The first-order chi connectivity index (χ1) is 14.1. The lowest BCUT2D eigenvalue weighted by Crippen LogP contribution is -2.43. The molecule has 0 bridgehead atoms. The first-order valence-electron chi connectivity index (χ1n) is 9.66. The van der Waals surface area contributed by atoms with E-state index in [4.69, 9.17) is 5.21 Å². The van der Waals surface area contributed by atoms with Gasteiger partial charge >= 0.3 is 6.03 Å². The third kappa shape index (κ3) is 3.79. The van der Waals surface area contributed by atoms with Crippen molar-refractivity contribution >= 4 is 22.7 Å². The van der Waals surface area contributed by atoms with Gasteiger partial charge in [-0.1, -0.05) is 48.5 Å². The van der Waals surface area contributed by atoms with E-state index < -0.39 is 5.91 Å². The second-order valence-electron chi connectivity index (χ2n) is 7.34. The average molecular weight is 389 g/mol. The molecule has 1 aliphatic heterocycles. The number of hydrogen-bond acceptors (Lipinski definition) is 3. The number of carbonyl (C=O) groups excluding carboxylic acids is 2. The summed E-state index contributed by atoms with van der Waals surface area (Å²) in [5.74, 6) is -0.531. The van der Waals surface area contributed by atoms with Crippen LogP contribution in [0.25, 0.3) is 10.8 Å². The summed E-state index contributed by atoms with van der Waals surface area (Å²) in [4.78, 5) is 26.2. The number of nitrogens with zero attached hydrogens (tertiary/aromatic N) is 1. The van der Waals surface area contributed by atoms with E-state index in [0.717, 1.165) is 27.5 Å². The van der Waals surface area contributed by atoms with Crippen LogP contribution < -0.4 is 10.8 Å². The summed E-state index contributed by atoms with van der Waals surface area (Å²) >= 11 is 0. The number of hydrogen-bond donors (Lipinski definition) is 3. The Morgan fingerprint density at radius 3 is 2.66 bits per heavy atom. The van der Waals surface area contributed by atoms with Crippen molar-refractivity contribution in [3.8, 4) is 0 Å². The van der Waals surface area contributed by atoms with Crippen LogP contribution in [0.2, 0.25) is 0 Å². The van der Waals surface area contributed by atoms with E-state index in [1.807, 2.05) is 37.3 Å². The molecule has 29 heavy (non-hydrogen) atoms. The van der Waals surface area contributed by atoms with Crippen molar-refractivity contribution in [2.45, 2.75) is 25.9 Å². The summed E-state index contributed by atoms with van der Waals surface area (Å²) in [6.07, 6.45) is 0.665. The SMILES string of the molecule is CC(NC(=O)N1CCc2cc(C(=O)NO)ccc2C1)c1cccc2ccccc12. The normalized spacial score (nSPS) is 14.2. The van der Waals surface area contributed by atoms with Crippen LogP contribution in [0.3, 0.4) is 0 Å². The Balaban J connectivity index is 1.47. The topological polar surface area (TPSA) is 81.7 Å². The molecule has 0 spiro atoms. The molecule has 1 heterocycles. The van der Waals surface area contributed by atoms with Crippen molar-refractivity contribution in [2.75, 3.05) is 6.54 Å². The Kier molecular flexibility index (Phi) is 5.18. The molecule has 0 aromatic heterocycles. The smallest absolute Gasteiger partial charge is 0.318 e. The summed E-state index contributed by atoms with van der Waals surface area (Å²) in [6, 6.07) is 19.3. The number of urea groups is 1. The van der Waals surface area contributed by atoms with Crippen molar-refractivity contribution in [1.29, 1.82) is 0 Å². The van der Waals surface area contributed by atoms with Gasteiger partial charge in [-0.05, 0) is 52.9 Å². The summed E-state index contributed by atoms with van der Waals surface area (Å²) in [5, 5.41) is 14.2. The minimum Gasteiger partial charge on any atom is -0.331 e. The van der Waals surface area contributed by atoms with Crippen molar-refractivity contribution in [3.63, 3.8) is 0 Å². The maximum absolute atomic E-state index is 12.9. The highest BCUT2D eigenvalue weighted by Crippen LogP contribution is 2.25. The second-order valence-corrected chi connectivity index (χ2v) is 7.34. The molecular formula is C23H23N3O3. The lowest BCUT2D eigenvalue weighted by atomic mass is 9.97. The first kappa shape index (κ1) is 19.0. The van der Waals surface area contributed by atoms with E-state index in [1.54, 1.807) is 22.5 Å². The average Bonchev–Trinajstić information content (AvgIpc) is 2.77. The minimum atomic E-state index is -0.531. The molecule has 1 aliphatic rings. The van der Waals surface area contributed by atoms with Gasteiger partial charge in [0, 0.05) is 18.7 Å². The van der Waals surface area contributed by atoms with Gasteiger partial charge in [0.25, 0.3) is 5.91 Å². The number of rotatable bonds is 3. The van der Waals surface area contributed by atoms with Crippen LogP contribution in [-0.2, 0) is 13.0 Å². The quantitative estimate of drug-likeness (QED) is 0.471. The fraction of sp³-hybridized carbons (Fsp3) is 0.217. The van der Waals surface area contributed by atoms with Gasteiger partial charge in [-0.3, -0.25) is 10.0 Å². The van der Waals surface area contributed by atoms with Crippen LogP contribution in [0.1, 0.15) is 40.0 Å². The first-order valence-corrected chi connectivity index (χ1v) is 9.66. The molecule has 6 heteroatoms. The van der Waals surface area contributed by atoms with Gasteiger partial charge in [0.05, 0.1) is 6.04 Å². The minimum absolute atomic E-state index is 0.103. The highest BCUT2D eigenvalue weighted by Gasteiger charge is 2.23. The van der Waals surface area contributed by atoms with E-state index in [9.17, 15) is 9.59 Å². The standard InChI is InChI=1S/C23H23N3O3/c1-15(20-8-4-6-16-5-2-3-7-21(16)20)24-23(28)26-12-11-17-13-18(22(27)25-29)9-10-19(17)14-26/h2-10,13,15,29H,11-12,14H2,1H3,(H,24,28)(H,25,27). The molecule has 0 saturated heterocycles. The largest absolute Gasteiger partial charge is 0.331 e. The van der Waals surface area contributed by atoms with E-state index >= 15 is 0 Å². The van der Waals surface area contributed by atoms with E-state index in [2.05, 4.69) is 23.5 Å². The molecule has 0 radical (unpaired) electrons. The number of hydroxylamine groups is 1. The predicted octanol–water partition coefficient (Wildman–Crippen LogP) is 3.79. The summed E-state index contributed by atoms with van der Waals surface area (Å²) in [6.45, 7) is 3.06. The van der Waals surface area contributed by atoms with Crippen molar-refractivity contribution in [3.05, 3.63) is 82.9 Å². The molecule has 3 N–H and O–H groups in total. The molecular weight excluding hydrogens is 366 g/mol. The molecule has 4 rings (SSSR count). The van der Waals surface area contributed by atoms with Gasteiger partial charge in [0.1, 0.15) is 0 Å². The second kappa shape index (κ2) is 7.93. The molecule has 3 amide bonds. The van der Waals surface area contributed by atoms with Gasteiger partial charge < -0.3 is 10.2 Å². The van der Waals surface area contributed by atoms with Crippen LogP contribution in [0.4, 0.5) is 4.79 Å². The Labute approximate surface area is 169 Å². The van der Waals surface area contributed by atoms with Gasteiger partial charge in [0.15, 0.2) is 0 Å². The van der Waals surface area contributed by atoms with E-state index in [1.165, 1.54) is 0 Å². The third-order valence-electron chi connectivity index (χ3n) is 5.50. The summed E-state index contributed by atoms with van der Waals surface area (Å²) in [5.41, 5.74) is 5.19. The molecule has 1 atom stereocenters. The van der Waals surface area contributed by atoms with Gasteiger partial charge in [0.2, 0.25) is 0 Å². The number of amides is 3. The maximum atomic E-state index is 12.9. The summed E-state index contributed by atoms with van der Waals surface area (Å²) < 4.78 is 0. The Hall–Kier alpha value is -3.38. The molecule has 148 valence electrons. The summed E-state index contributed by atoms with van der Waals surface area (Å²) in [7, 11) is 0. The van der Waals surface area contributed by atoms with Gasteiger partial charge in [-0.2, -0.15) is 0 Å². The molecule has 0 saturated carbocycles. The monoisotopic (exact) mass is 389 g/mol. The Morgan fingerprint density at radius 1 is 1.03 bits per heavy atom. The van der Waals surface area contributed by atoms with Crippen molar-refractivity contribution < 1.29 is 14.8 Å². The van der Waals surface area contributed by atoms with Gasteiger partial charge in [-0.15, -0.1) is 0 Å². The number of benzene rings is 3. The molecule has 3 aromatic rings. The van der Waals surface area contributed by atoms with E-state index in [0.29, 0.717) is 25.1 Å². The predicted molar refractivity (Wildman–Crippen MR) is 111 cm³/mol. The molecule has 1 unspecified atom stereocenters. The molecule has 0 aliphatic carbocycles. The van der Waals surface area contributed by atoms with Crippen LogP contribution in [-0.4, -0.2) is 28.6 Å². The van der Waals surface area contributed by atoms with Crippen LogP contribution >= 0.6 is 0 Å². The maximum Gasteiger partial charge on any atom is 0.318 e. The molecule has 0 fully saturated rings. The molecule has 6 nitrogen and oxygen atoms in total. The zero-order chi connectivity index (χ0) is 20.4. The fourth-order valence-corrected chi connectivity index (χ4v) is 3.91. The van der Waals surface area contributed by atoms with Crippen LogP contribution in [0, 0.1) is 0 Å². The highest BCUT2D eigenvalue weighted by atomic mass is 16.5. The van der Waals surface area contributed by atoms with Gasteiger partial charge in [-0.25, -0.2) is 10.3 Å². The van der Waals surface area contributed by atoms with Crippen LogP contribution in [0.5, 0.6) is 0 Å². The number of nitrogens with one attached hydrogen (secondary N) is 2. The van der Waals surface area contributed by atoms with Crippen molar-refractivity contribution in [1.82, 2.24) is 15.7 Å². The van der Waals surface area contributed by atoms with E-state index in [-0.39, 0.29) is 12.1 Å². The highest BCUT2D eigenvalue weighted by molar-refractivity contribution is 5.93. The van der Waals surface area contributed by atoms with Crippen molar-refractivity contribution in [2.24, 2.45) is 0 Å². The Morgan fingerprint density at radius 2 is 1.83 bits per heavy atom. The third-order valence-corrected chi connectivity index (χ3v) is 5.50. The fourth-order valence-electron chi connectivity index (χ4n) is 3.91.